The van der Waals surface area contributed by atoms with E-state index in [1.807, 2.05) is 25.3 Å². The summed E-state index contributed by atoms with van der Waals surface area (Å²) in [6.07, 6.45) is 7.83. The Balaban J connectivity index is 2.11. The van der Waals surface area contributed by atoms with Gasteiger partial charge in [-0.25, -0.2) is 0 Å². The van der Waals surface area contributed by atoms with Crippen LogP contribution < -0.4 is 5.32 Å². The van der Waals surface area contributed by atoms with Crippen molar-refractivity contribution >= 4 is 5.97 Å². The molecule has 1 aromatic heterocycles. The summed E-state index contributed by atoms with van der Waals surface area (Å²) in [6.45, 7) is 4.17. The van der Waals surface area contributed by atoms with Crippen LogP contribution in [-0.4, -0.2) is 29.1 Å². The molecule has 2 unspecified atom stereocenters. The molecule has 0 spiro atoms. The molecule has 0 aliphatic carbocycles. The predicted molar refractivity (Wildman–Crippen MR) is 71.6 cm³/mol. The third-order valence-electron chi connectivity index (χ3n) is 4.44. The molecule has 0 saturated carbocycles. The molecule has 1 aromatic rings. The number of carbonyl (C=O) groups is 1. The topological polar surface area (TPSA) is 51.2 Å². The molecule has 2 bridgehead atoms. The minimum Gasteiger partial charge on any atom is -0.469 e. The van der Waals surface area contributed by atoms with E-state index in [9.17, 15) is 4.79 Å². The van der Waals surface area contributed by atoms with Crippen LogP contribution in [0.15, 0.2) is 36.7 Å². The third-order valence-corrected chi connectivity index (χ3v) is 4.44. The van der Waals surface area contributed by atoms with E-state index in [0.717, 1.165) is 5.56 Å². The Morgan fingerprint density at radius 1 is 1.37 bits per heavy atom. The van der Waals surface area contributed by atoms with E-state index in [1.165, 1.54) is 7.11 Å². The largest absolute Gasteiger partial charge is 0.469 e. The quantitative estimate of drug-likeness (QED) is 0.647. The lowest BCUT2D eigenvalue weighted by molar-refractivity contribution is -0.147. The second-order valence-corrected chi connectivity index (χ2v) is 5.79. The van der Waals surface area contributed by atoms with Crippen LogP contribution in [0.4, 0.5) is 0 Å². The van der Waals surface area contributed by atoms with E-state index in [0.29, 0.717) is 0 Å². The van der Waals surface area contributed by atoms with Gasteiger partial charge in [-0.15, -0.1) is 0 Å². The number of methoxy groups -OCH3 is 1. The number of ether oxygens (including phenoxy) is 1. The van der Waals surface area contributed by atoms with Gasteiger partial charge in [0.25, 0.3) is 0 Å². The van der Waals surface area contributed by atoms with Crippen molar-refractivity contribution in [2.75, 3.05) is 7.11 Å². The molecule has 4 heteroatoms. The molecule has 2 aliphatic rings. The summed E-state index contributed by atoms with van der Waals surface area (Å²) in [5.74, 6) is -0.350. The maximum atomic E-state index is 12.2. The van der Waals surface area contributed by atoms with Crippen molar-refractivity contribution in [2.24, 2.45) is 5.92 Å². The highest BCUT2D eigenvalue weighted by Gasteiger charge is 2.61. The van der Waals surface area contributed by atoms with Crippen LogP contribution in [0, 0.1) is 5.92 Å². The maximum absolute atomic E-state index is 12.2. The fraction of sp³-hybridized carbons (Fsp3) is 0.467. The van der Waals surface area contributed by atoms with Gasteiger partial charge in [-0.1, -0.05) is 18.2 Å². The number of aromatic nitrogens is 1. The molecule has 4 nitrogen and oxygen atoms in total. The van der Waals surface area contributed by atoms with Gasteiger partial charge in [0.15, 0.2) is 0 Å². The van der Waals surface area contributed by atoms with Crippen molar-refractivity contribution in [1.29, 1.82) is 0 Å². The highest BCUT2D eigenvalue weighted by molar-refractivity contribution is 5.78. The highest BCUT2D eigenvalue weighted by Crippen LogP contribution is 2.53. The number of pyridine rings is 1. The van der Waals surface area contributed by atoms with E-state index in [-0.39, 0.29) is 28.9 Å². The number of nitrogens with one attached hydrogen (secondary N) is 1. The first-order valence-electron chi connectivity index (χ1n) is 6.48. The molecule has 1 N–H and O–H groups in total. The lowest BCUT2D eigenvalue weighted by Gasteiger charge is -2.33. The Morgan fingerprint density at radius 3 is 2.74 bits per heavy atom. The van der Waals surface area contributed by atoms with Crippen LogP contribution in [0.2, 0.25) is 0 Å². The molecule has 0 radical (unpaired) electrons. The number of nitrogens with zero attached hydrogens (tertiary/aromatic N) is 1. The molecule has 1 saturated heterocycles. The normalized spacial score (nSPS) is 39.5. The maximum Gasteiger partial charge on any atom is 0.311 e. The van der Waals surface area contributed by atoms with Gasteiger partial charge in [-0.2, -0.15) is 0 Å². The van der Waals surface area contributed by atoms with Crippen molar-refractivity contribution in [3.63, 3.8) is 0 Å². The molecule has 4 atom stereocenters. The van der Waals surface area contributed by atoms with E-state index < -0.39 is 0 Å². The first-order valence-corrected chi connectivity index (χ1v) is 6.48. The van der Waals surface area contributed by atoms with Gasteiger partial charge in [-0.05, 0) is 25.5 Å². The molecule has 3 rings (SSSR count). The van der Waals surface area contributed by atoms with Crippen molar-refractivity contribution in [3.05, 3.63) is 42.2 Å². The summed E-state index contributed by atoms with van der Waals surface area (Å²) in [6, 6.07) is 3.93. The first kappa shape index (κ1) is 12.4. The van der Waals surface area contributed by atoms with Crippen molar-refractivity contribution in [2.45, 2.75) is 30.8 Å². The molecule has 1 fully saturated rings. The smallest absolute Gasteiger partial charge is 0.311 e. The Morgan fingerprint density at radius 2 is 2.11 bits per heavy atom. The van der Waals surface area contributed by atoms with Gasteiger partial charge in [0.1, 0.15) is 0 Å². The average molecular weight is 258 g/mol. The SMILES string of the molecule is COC(=O)C1C(c2cccnc2)[C@@]2(C)C=C[C@]1(C)N2. The molecular weight excluding hydrogens is 240 g/mol. The number of carbonyl (C=O) groups excluding carboxylic acids is 1. The molecule has 0 amide bonds. The number of esters is 1. The van der Waals surface area contributed by atoms with Gasteiger partial charge in [0.2, 0.25) is 0 Å². The highest BCUT2D eigenvalue weighted by atomic mass is 16.5. The van der Waals surface area contributed by atoms with Crippen molar-refractivity contribution in [3.8, 4) is 0 Å². The molecular formula is C15H18N2O2. The standard InChI is InChI=1S/C15H18N2O2/c1-14-6-7-15(2,17-14)12(13(18)19-3)11(14)10-5-4-8-16-9-10/h4-9,11-12,17H,1-3H3/t11?,12?,14-,15+/m1/s1. The van der Waals surface area contributed by atoms with Crippen LogP contribution in [0.3, 0.4) is 0 Å². The number of hydrogen-bond acceptors (Lipinski definition) is 4. The second-order valence-electron chi connectivity index (χ2n) is 5.79. The minimum atomic E-state index is -0.345. The van der Waals surface area contributed by atoms with Crippen LogP contribution in [0.5, 0.6) is 0 Å². The number of hydrogen-bond donors (Lipinski definition) is 1. The number of fused-ring (bicyclic) bond motifs is 2. The molecule has 100 valence electrons. The predicted octanol–water partition coefficient (Wildman–Crippen LogP) is 1.64. The Kier molecular flexibility index (Phi) is 2.54. The van der Waals surface area contributed by atoms with Crippen molar-refractivity contribution < 1.29 is 9.53 Å². The van der Waals surface area contributed by atoms with Crippen molar-refractivity contribution in [1.82, 2.24) is 10.3 Å². The van der Waals surface area contributed by atoms with Crippen LogP contribution in [0.1, 0.15) is 25.3 Å². The lowest BCUT2D eigenvalue weighted by Crippen LogP contribution is -2.43. The fourth-order valence-electron chi connectivity index (χ4n) is 3.67. The fourth-order valence-corrected chi connectivity index (χ4v) is 3.67. The van der Waals surface area contributed by atoms with E-state index in [1.54, 1.807) is 6.20 Å². The van der Waals surface area contributed by atoms with Gasteiger partial charge in [0, 0.05) is 29.4 Å². The monoisotopic (exact) mass is 258 g/mol. The van der Waals surface area contributed by atoms with Crippen LogP contribution in [-0.2, 0) is 9.53 Å². The molecule has 2 aliphatic heterocycles. The Hall–Kier alpha value is -1.68. The first-order chi connectivity index (χ1) is 9.00. The van der Waals surface area contributed by atoms with Crippen LogP contribution >= 0.6 is 0 Å². The van der Waals surface area contributed by atoms with Gasteiger partial charge >= 0.3 is 5.97 Å². The van der Waals surface area contributed by atoms with E-state index in [4.69, 9.17) is 4.74 Å². The Labute approximate surface area is 112 Å². The van der Waals surface area contributed by atoms with E-state index in [2.05, 4.69) is 29.4 Å². The molecule has 0 aromatic carbocycles. The summed E-state index contributed by atoms with van der Waals surface area (Å²) in [4.78, 5) is 16.4. The summed E-state index contributed by atoms with van der Waals surface area (Å²) in [7, 11) is 1.45. The third kappa shape index (κ3) is 1.63. The van der Waals surface area contributed by atoms with Gasteiger partial charge in [0.05, 0.1) is 13.0 Å². The van der Waals surface area contributed by atoms with Gasteiger partial charge < -0.3 is 4.74 Å². The Bertz CT molecular complexity index is 542. The zero-order valence-corrected chi connectivity index (χ0v) is 11.4. The number of rotatable bonds is 2. The summed E-state index contributed by atoms with van der Waals surface area (Å²) in [5.41, 5.74) is 0.500. The summed E-state index contributed by atoms with van der Waals surface area (Å²) >= 11 is 0. The zero-order chi connectivity index (χ0) is 13.7. The zero-order valence-electron chi connectivity index (χ0n) is 11.4. The second kappa shape index (κ2) is 3.90. The van der Waals surface area contributed by atoms with Crippen LogP contribution in [0.25, 0.3) is 0 Å². The van der Waals surface area contributed by atoms with E-state index >= 15 is 0 Å². The lowest BCUT2D eigenvalue weighted by atomic mass is 9.69. The minimum absolute atomic E-state index is 0.0450. The summed E-state index contributed by atoms with van der Waals surface area (Å²) in [5, 5.41) is 3.55. The summed E-state index contributed by atoms with van der Waals surface area (Å²) < 4.78 is 5.02. The van der Waals surface area contributed by atoms with Gasteiger partial charge in [-0.3, -0.25) is 15.1 Å². The average Bonchev–Trinajstić information content (AvgIpc) is 2.85. The molecule has 3 heterocycles. The molecule has 19 heavy (non-hydrogen) atoms.